The number of carbonyl (C=O) groups is 2. The van der Waals surface area contributed by atoms with Crippen molar-refractivity contribution in [3.8, 4) is 0 Å². The molecule has 1 aliphatic carbocycles. The Labute approximate surface area is 124 Å². The van der Waals surface area contributed by atoms with Gasteiger partial charge in [0.05, 0.1) is 0 Å². The number of rotatable bonds is 4. The molecule has 2 rings (SSSR count). The number of amides is 1. The number of hydrogen-bond donors (Lipinski definition) is 2. The molecule has 21 heavy (non-hydrogen) atoms. The van der Waals surface area contributed by atoms with Gasteiger partial charge in [-0.1, -0.05) is 6.92 Å². The Morgan fingerprint density at radius 3 is 2.48 bits per heavy atom. The minimum Gasteiger partial charge on any atom is -0.477 e. The van der Waals surface area contributed by atoms with E-state index in [4.69, 9.17) is 0 Å². The van der Waals surface area contributed by atoms with Crippen LogP contribution in [0.3, 0.4) is 0 Å². The number of anilines is 1. The van der Waals surface area contributed by atoms with E-state index in [1.807, 2.05) is 13.8 Å². The number of nitrogens with one attached hydrogen (secondary N) is 1. The molecule has 1 aliphatic rings. The Morgan fingerprint density at radius 2 is 1.95 bits per heavy atom. The number of H-pyrrole nitrogens is 1. The second kappa shape index (κ2) is 6.28. The van der Waals surface area contributed by atoms with Gasteiger partial charge in [0.15, 0.2) is 5.82 Å². The number of carbonyl (C=O) groups excluding carboxylic acids is 1. The van der Waals surface area contributed by atoms with Crippen molar-refractivity contribution in [3.63, 3.8) is 0 Å². The summed E-state index contributed by atoms with van der Waals surface area (Å²) in [5, 5.41) is 15.8. The van der Waals surface area contributed by atoms with E-state index in [0.717, 1.165) is 25.7 Å². The van der Waals surface area contributed by atoms with Crippen LogP contribution in [0.2, 0.25) is 0 Å². The lowest BCUT2D eigenvalue weighted by Crippen LogP contribution is -2.43. The topological polar surface area (TPSA) is 86.3 Å². The number of hydrogen-bond acceptors (Lipinski definition) is 3. The number of nitrogens with zero attached hydrogens (tertiary/aromatic N) is 2. The van der Waals surface area contributed by atoms with Crippen molar-refractivity contribution in [2.24, 2.45) is 11.8 Å². The van der Waals surface area contributed by atoms with Crippen molar-refractivity contribution in [3.05, 3.63) is 11.8 Å². The summed E-state index contributed by atoms with van der Waals surface area (Å²) in [6.07, 6.45) is 5.17. The number of aromatic amines is 1. The number of carboxylic acids is 1. The lowest BCUT2D eigenvalue weighted by atomic mass is 9.82. The second-order valence-electron chi connectivity index (χ2n) is 6.19. The van der Waals surface area contributed by atoms with Gasteiger partial charge in [0.1, 0.15) is 5.56 Å². The van der Waals surface area contributed by atoms with E-state index < -0.39 is 5.97 Å². The molecule has 0 atom stereocenters. The van der Waals surface area contributed by atoms with E-state index in [0.29, 0.717) is 5.92 Å². The SMILES string of the molecule is CC(C)N(c1n[nH]cc1C(=O)O)C(=O)[C@H]1CC[C@H](C)CC1. The van der Waals surface area contributed by atoms with Crippen molar-refractivity contribution in [2.75, 3.05) is 4.90 Å². The zero-order chi connectivity index (χ0) is 15.6. The first kappa shape index (κ1) is 15.5. The molecule has 1 aromatic rings. The lowest BCUT2D eigenvalue weighted by Gasteiger charge is -2.32. The number of aromatic carboxylic acids is 1. The van der Waals surface area contributed by atoms with Gasteiger partial charge < -0.3 is 5.11 Å². The van der Waals surface area contributed by atoms with Crippen molar-refractivity contribution in [1.82, 2.24) is 10.2 Å². The predicted octanol–water partition coefficient (Wildman–Crippen LogP) is 2.68. The van der Waals surface area contributed by atoms with E-state index in [1.54, 1.807) is 0 Å². The summed E-state index contributed by atoms with van der Waals surface area (Å²) in [6, 6.07) is -0.127. The summed E-state index contributed by atoms with van der Waals surface area (Å²) >= 11 is 0. The Kier molecular flexibility index (Phi) is 4.65. The predicted molar refractivity (Wildman–Crippen MR) is 79.3 cm³/mol. The largest absolute Gasteiger partial charge is 0.477 e. The van der Waals surface area contributed by atoms with E-state index >= 15 is 0 Å². The van der Waals surface area contributed by atoms with Gasteiger partial charge in [0.25, 0.3) is 0 Å². The zero-order valence-corrected chi connectivity index (χ0v) is 12.8. The highest BCUT2D eigenvalue weighted by atomic mass is 16.4. The maximum atomic E-state index is 12.8. The fraction of sp³-hybridized carbons (Fsp3) is 0.667. The molecule has 0 spiro atoms. The molecule has 1 fully saturated rings. The van der Waals surface area contributed by atoms with Crippen LogP contribution in [0.25, 0.3) is 0 Å². The summed E-state index contributed by atoms with van der Waals surface area (Å²) in [6.45, 7) is 5.96. The quantitative estimate of drug-likeness (QED) is 0.893. The van der Waals surface area contributed by atoms with Crippen LogP contribution in [0.4, 0.5) is 5.82 Å². The van der Waals surface area contributed by atoms with Crippen LogP contribution in [0.5, 0.6) is 0 Å². The summed E-state index contributed by atoms with van der Waals surface area (Å²) < 4.78 is 0. The van der Waals surface area contributed by atoms with Crippen LogP contribution in [0.1, 0.15) is 56.8 Å². The molecule has 1 aromatic heterocycles. The molecule has 1 saturated carbocycles. The monoisotopic (exact) mass is 293 g/mol. The van der Waals surface area contributed by atoms with Crippen molar-refractivity contribution < 1.29 is 14.7 Å². The van der Waals surface area contributed by atoms with Crippen molar-refractivity contribution >= 4 is 17.7 Å². The third kappa shape index (κ3) is 3.25. The van der Waals surface area contributed by atoms with Gasteiger partial charge in [-0.3, -0.25) is 14.8 Å². The lowest BCUT2D eigenvalue weighted by molar-refractivity contribution is -0.123. The average Bonchev–Trinajstić information content (AvgIpc) is 2.88. The molecule has 0 bridgehead atoms. The van der Waals surface area contributed by atoms with Crippen molar-refractivity contribution in [2.45, 2.75) is 52.5 Å². The van der Waals surface area contributed by atoms with Crippen LogP contribution in [-0.2, 0) is 4.79 Å². The highest BCUT2D eigenvalue weighted by molar-refractivity contribution is 6.01. The summed E-state index contributed by atoms with van der Waals surface area (Å²) in [7, 11) is 0. The van der Waals surface area contributed by atoms with Gasteiger partial charge >= 0.3 is 5.97 Å². The molecule has 0 aliphatic heterocycles. The van der Waals surface area contributed by atoms with Gasteiger partial charge in [-0.15, -0.1) is 0 Å². The Morgan fingerprint density at radius 1 is 1.33 bits per heavy atom. The second-order valence-corrected chi connectivity index (χ2v) is 6.19. The maximum Gasteiger partial charge on any atom is 0.341 e. The van der Waals surface area contributed by atoms with Gasteiger partial charge in [-0.05, 0) is 45.4 Å². The molecule has 0 radical (unpaired) electrons. The molecule has 0 unspecified atom stereocenters. The van der Waals surface area contributed by atoms with E-state index in [1.165, 1.54) is 11.1 Å². The molecule has 0 aromatic carbocycles. The van der Waals surface area contributed by atoms with Gasteiger partial charge in [-0.25, -0.2) is 4.79 Å². The van der Waals surface area contributed by atoms with Gasteiger partial charge in [0, 0.05) is 18.2 Å². The maximum absolute atomic E-state index is 12.8. The summed E-state index contributed by atoms with van der Waals surface area (Å²) in [5.41, 5.74) is 0.0428. The van der Waals surface area contributed by atoms with E-state index in [9.17, 15) is 14.7 Å². The molecule has 2 N–H and O–H groups in total. The minimum absolute atomic E-state index is 0.00787. The van der Waals surface area contributed by atoms with Crippen LogP contribution >= 0.6 is 0 Å². The van der Waals surface area contributed by atoms with Crippen molar-refractivity contribution in [1.29, 1.82) is 0 Å². The smallest absolute Gasteiger partial charge is 0.341 e. The van der Waals surface area contributed by atoms with Crippen LogP contribution in [0, 0.1) is 11.8 Å². The molecular formula is C15H23N3O3. The third-order valence-corrected chi connectivity index (χ3v) is 4.20. The Hall–Kier alpha value is -1.85. The Balaban J connectivity index is 2.24. The first-order valence-corrected chi connectivity index (χ1v) is 7.52. The fourth-order valence-electron chi connectivity index (χ4n) is 2.93. The first-order valence-electron chi connectivity index (χ1n) is 7.52. The first-order chi connectivity index (χ1) is 9.91. The third-order valence-electron chi connectivity index (χ3n) is 4.20. The highest BCUT2D eigenvalue weighted by Crippen LogP contribution is 2.32. The molecule has 0 saturated heterocycles. The Bertz CT molecular complexity index is 516. The molecule has 1 heterocycles. The molecule has 1 amide bonds. The van der Waals surface area contributed by atoms with E-state index in [-0.39, 0.29) is 29.2 Å². The van der Waals surface area contributed by atoms with E-state index in [2.05, 4.69) is 17.1 Å². The summed E-state index contributed by atoms with van der Waals surface area (Å²) in [5.74, 6) is -0.217. The number of carboxylic acid groups (broad SMARTS) is 1. The van der Waals surface area contributed by atoms with Gasteiger partial charge in [-0.2, -0.15) is 5.10 Å². The molecular weight excluding hydrogens is 270 g/mol. The van der Waals surface area contributed by atoms with Crippen LogP contribution in [0.15, 0.2) is 6.20 Å². The van der Waals surface area contributed by atoms with Crippen LogP contribution < -0.4 is 4.90 Å². The molecule has 6 heteroatoms. The zero-order valence-electron chi connectivity index (χ0n) is 12.8. The van der Waals surface area contributed by atoms with Crippen LogP contribution in [-0.4, -0.2) is 33.2 Å². The number of aromatic nitrogens is 2. The molecule has 6 nitrogen and oxygen atoms in total. The minimum atomic E-state index is -1.07. The normalized spacial score (nSPS) is 22.3. The highest BCUT2D eigenvalue weighted by Gasteiger charge is 2.33. The summed E-state index contributed by atoms with van der Waals surface area (Å²) in [4.78, 5) is 25.6. The fourth-order valence-corrected chi connectivity index (χ4v) is 2.93. The average molecular weight is 293 g/mol. The van der Waals surface area contributed by atoms with Gasteiger partial charge in [0.2, 0.25) is 5.91 Å². The molecule has 116 valence electrons. The standard InChI is InChI=1S/C15H23N3O3/c1-9(2)18(13-12(15(20)21)8-16-17-13)14(19)11-6-4-10(3)5-7-11/h8-11H,4-7H2,1-3H3,(H,16,17)(H,20,21)/t10-,11-.